The van der Waals surface area contributed by atoms with Crippen molar-refractivity contribution in [2.45, 2.75) is 32.7 Å². The minimum atomic E-state index is 0.0487. The number of carbonyl (C=O) groups excluding carboxylic acids is 1. The molecular weight excluding hydrogens is 370 g/mol. The first-order chi connectivity index (χ1) is 14.6. The molecule has 2 atom stereocenters. The lowest BCUT2D eigenvalue weighted by Crippen LogP contribution is -2.16. The first-order valence-electron chi connectivity index (χ1n) is 10.5. The molecule has 4 heteroatoms. The smallest absolute Gasteiger partial charge is 0.228 e. The number of amides is 1. The molecule has 1 aromatic heterocycles. The summed E-state index contributed by atoms with van der Waals surface area (Å²) < 4.78 is 1.99. The van der Waals surface area contributed by atoms with Gasteiger partial charge in [-0.1, -0.05) is 72.8 Å². The van der Waals surface area contributed by atoms with Crippen molar-refractivity contribution in [3.63, 3.8) is 0 Å². The highest BCUT2D eigenvalue weighted by Crippen LogP contribution is 2.48. The Bertz CT molecular complexity index is 1220. The molecule has 4 nitrogen and oxygen atoms in total. The third kappa shape index (κ3) is 3.39. The van der Waals surface area contributed by atoms with E-state index in [4.69, 9.17) is 5.10 Å². The van der Waals surface area contributed by atoms with Crippen molar-refractivity contribution in [1.29, 1.82) is 0 Å². The number of benzene rings is 3. The maximum atomic E-state index is 12.9. The fourth-order valence-electron chi connectivity index (χ4n) is 4.39. The van der Waals surface area contributed by atoms with Crippen LogP contribution in [0.1, 0.15) is 34.9 Å². The molecule has 0 spiro atoms. The highest BCUT2D eigenvalue weighted by molar-refractivity contribution is 5.96. The third-order valence-electron chi connectivity index (χ3n) is 6.18. The summed E-state index contributed by atoms with van der Waals surface area (Å²) in [5.41, 5.74) is 5.17. The molecule has 150 valence electrons. The Morgan fingerprint density at radius 1 is 1.00 bits per heavy atom. The van der Waals surface area contributed by atoms with E-state index in [0.717, 1.165) is 23.5 Å². The van der Waals surface area contributed by atoms with Gasteiger partial charge in [-0.25, -0.2) is 0 Å². The van der Waals surface area contributed by atoms with Crippen molar-refractivity contribution < 1.29 is 4.79 Å². The lowest BCUT2D eigenvalue weighted by molar-refractivity contribution is -0.117. The van der Waals surface area contributed by atoms with Gasteiger partial charge in [0, 0.05) is 5.92 Å². The minimum Gasteiger partial charge on any atom is -0.323 e. The number of carbonyl (C=O) groups is 1. The van der Waals surface area contributed by atoms with Gasteiger partial charge in [-0.2, -0.15) is 5.10 Å². The zero-order chi connectivity index (χ0) is 20.7. The molecule has 1 heterocycles. The molecule has 0 aliphatic heterocycles. The number of aryl methyl sites for hydroxylation is 1. The monoisotopic (exact) mass is 395 g/mol. The van der Waals surface area contributed by atoms with E-state index in [1.165, 1.54) is 21.9 Å². The molecule has 1 saturated carbocycles. The van der Waals surface area contributed by atoms with Crippen LogP contribution in [0.5, 0.6) is 0 Å². The van der Waals surface area contributed by atoms with Crippen LogP contribution in [0.2, 0.25) is 0 Å². The summed E-state index contributed by atoms with van der Waals surface area (Å²) in [6.45, 7) is 4.67. The van der Waals surface area contributed by atoms with E-state index in [9.17, 15) is 4.79 Å². The SMILES string of the molecule is Cc1nn(Cc2cccc3ccccc23)c(C)c1NC(=O)C1CC1c1ccccc1. The minimum absolute atomic E-state index is 0.0487. The van der Waals surface area contributed by atoms with Gasteiger partial charge in [0.15, 0.2) is 0 Å². The molecule has 2 unspecified atom stereocenters. The van der Waals surface area contributed by atoms with Gasteiger partial charge < -0.3 is 5.32 Å². The third-order valence-corrected chi connectivity index (χ3v) is 6.18. The van der Waals surface area contributed by atoms with Gasteiger partial charge in [0.2, 0.25) is 5.91 Å². The fourth-order valence-corrected chi connectivity index (χ4v) is 4.39. The Morgan fingerprint density at radius 2 is 1.73 bits per heavy atom. The summed E-state index contributed by atoms with van der Waals surface area (Å²) >= 11 is 0. The fraction of sp³-hybridized carbons (Fsp3) is 0.231. The zero-order valence-electron chi connectivity index (χ0n) is 17.3. The Hall–Kier alpha value is -3.40. The summed E-state index contributed by atoms with van der Waals surface area (Å²) in [6, 6.07) is 25.1. The summed E-state index contributed by atoms with van der Waals surface area (Å²) in [5, 5.41) is 10.4. The van der Waals surface area contributed by atoms with E-state index in [0.29, 0.717) is 12.5 Å². The van der Waals surface area contributed by atoms with Crippen LogP contribution in [0.3, 0.4) is 0 Å². The second-order valence-corrected chi connectivity index (χ2v) is 8.19. The molecule has 1 N–H and O–H groups in total. The largest absolute Gasteiger partial charge is 0.323 e. The Labute approximate surface area is 176 Å². The molecule has 1 aliphatic rings. The summed E-state index contributed by atoms with van der Waals surface area (Å²) in [6.07, 6.45) is 0.915. The Morgan fingerprint density at radius 3 is 2.57 bits per heavy atom. The average molecular weight is 396 g/mol. The topological polar surface area (TPSA) is 46.9 Å². The van der Waals surface area contributed by atoms with E-state index in [2.05, 4.69) is 59.9 Å². The van der Waals surface area contributed by atoms with Crippen molar-refractivity contribution in [3.05, 3.63) is 95.3 Å². The van der Waals surface area contributed by atoms with Crippen LogP contribution >= 0.6 is 0 Å². The quantitative estimate of drug-likeness (QED) is 0.489. The highest BCUT2D eigenvalue weighted by Gasteiger charge is 2.44. The predicted octanol–water partition coefficient (Wildman–Crippen LogP) is 5.44. The van der Waals surface area contributed by atoms with Crippen LogP contribution in [0.15, 0.2) is 72.8 Å². The number of fused-ring (bicyclic) bond motifs is 1. The van der Waals surface area contributed by atoms with Crippen molar-refractivity contribution in [2.24, 2.45) is 5.92 Å². The average Bonchev–Trinajstić information content (AvgIpc) is 3.54. The highest BCUT2D eigenvalue weighted by atomic mass is 16.2. The molecule has 1 aliphatic carbocycles. The second kappa shape index (κ2) is 7.45. The molecule has 30 heavy (non-hydrogen) atoms. The summed E-state index contributed by atoms with van der Waals surface area (Å²) in [4.78, 5) is 12.9. The molecule has 0 radical (unpaired) electrons. The van der Waals surface area contributed by atoms with Crippen molar-refractivity contribution in [3.8, 4) is 0 Å². The summed E-state index contributed by atoms with van der Waals surface area (Å²) in [5.74, 6) is 0.477. The van der Waals surface area contributed by atoms with Crippen LogP contribution < -0.4 is 5.32 Å². The zero-order valence-corrected chi connectivity index (χ0v) is 17.3. The van der Waals surface area contributed by atoms with Crippen LogP contribution in [0.4, 0.5) is 5.69 Å². The van der Waals surface area contributed by atoms with Gasteiger partial charge in [-0.15, -0.1) is 0 Å². The number of hydrogen-bond acceptors (Lipinski definition) is 2. The second-order valence-electron chi connectivity index (χ2n) is 8.19. The first kappa shape index (κ1) is 18.6. The lowest BCUT2D eigenvalue weighted by atomic mass is 10.0. The van der Waals surface area contributed by atoms with Crippen LogP contribution in [0.25, 0.3) is 10.8 Å². The number of hydrogen-bond donors (Lipinski definition) is 1. The van der Waals surface area contributed by atoms with Gasteiger partial charge in [0.25, 0.3) is 0 Å². The van der Waals surface area contributed by atoms with Gasteiger partial charge in [0.05, 0.1) is 23.6 Å². The molecule has 4 aromatic rings. The molecule has 0 bridgehead atoms. The summed E-state index contributed by atoms with van der Waals surface area (Å²) in [7, 11) is 0. The van der Waals surface area contributed by atoms with Gasteiger partial charge in [0.1, 0.15) is 0 Å². The lowest BCUT2D eigenvalue weighted by Gasteiger charge is -2.09. The normalized spacial score (nSPS) is 17.8. The van der Waals surface area contributed by atoms with Crippen molar-refractivity contribution in [1.82, 2.24) is 9.78 Å². The van der Waals surface area contributed by atoms with E-state index in [-0.39, 0.29) is 11.8 Å². The standard InChI is InChI=1S/C26H25N3O/c1-17-25(27-26(30)24-15-23(24)20-9-4-3-5-10-20)18(2)29(28-17)16-21-13-8-12-19-11-6-7-14-22(19)21/h3-14,23-24H,15-16H2,1-2H3,(H,27,30). The molecule has 5 rings (SSSR count). The molecule has 1 amide bonds. The van der Waals surface area contributed by atoms with Gasteiger partial charge in [-0.3, -0.25) is 9.48 Å². The number of anilines is 1. The van der Waals surface area contributed by atoms with Crippen LogP contribution in [-0.2, 0) is 11.3 Å². The van der Waals surface area contributed by atoms with E-state index < -0.39 is 0 Å². The van der Waals surface area contributed by atoms with Gasteiger partial charge >= 0.3 is 0 Å². The Kier molecular flexibility index (Phi) is 4.62. The van der Waals surface area contributed by atoms with Crippen molar-refractivity contribution >= 4 is 22.4 Å². The number of nitrogens with one attached hydrogen (secondary N) is 1. The number of aromatic nitrogens is 2. The van der Waals surface area contributed by atoms with Gasteiger partial charge in [-0.05, 0) is 48.1 Å². The van der Waals surface area contributed by atoms with Crippen LogP contribution in [0, 0.1) is 19.8 Å². The number of rotatable bonds is 5. The Balaban J connectivity index is 1.35. The van der Waals surface area contributed by atoms with Crippen LogP contribution in [-0.4, -0.2) is 15.7 Å². The van der Waals surface area contributed by atoms with E-state index in [1.807, 2.05) is 36.7 Å². The maximum absolute atomic E-state index is 12.9. The van der Waals surface area contributed by atoms with E-state index in [1.54, 1.807) is 0 Å². The van der Waals surface area contributed by atoms with Crippen molar-refractivity contribution in [2.75, 3.05) is 5.32 Å². The molecule has 0 saturated heterocycles. The molecular formula is C26H25N3O. The predicted molar refractivity (Wildman–Crippen MR) is 121 cm³/mol. The molecule has 1 fully saturated rings. The van der Waals surface area contributed by atoms with E-state index >= 15 is 0 Å². The molecule has 3 aromatic carbocycles. The first-order valence-corrected chi connectivity index (χ1v) is 10.5. The number of nitrogens with zero attached hydrogens (tertiary/aromatic N) is 2. The maximum Gasteiger partial charge on any atom is 0.228 e.